The molecule has 0 aliphatic heterocycles. The molecule has 0 saturated heterocycles. The van der Waals surface area contributed by atoms with Crippen LogP contribution in [0, 0.1) is 12.8 Å². The Hall–Kier alpha value is -1.28. The van der Waals surface area contributed by atoms with Crippen LogP contribution < -0.4 is 5.46 Å². The maximum absolute atomic E-state index is 5.80. The summed E-state index contributed by atoms with van der Waals surface area (Å²) in [6, 6.07) is 12.7. The van der Waals surface area contributed by atoms with Crippen molar-refractivity contribution in [1.82, 2.24) is 0 Å². The Kier molecular flexibility index (Phi) is 3.60. The quantitative estimate of drug-likeness (QED) is 0.734. The Labute approximate surface area is 130 Å². The van der Waals surface area contributed by atoms with E-state index in [1.807, 2.05) is 12.1 Å². The largest absolute Gasteiger partial charge is 0.113 e. The molecule has 2 aromatic carbocycles. The number of benzene rings is 2. The molecule has 2 aromatic rings. The van der Waals surface area contributed by atoms with Crippen molar-refractivity contribution < 1.29 is 0 Å². The zero-order chi connectivity index (χ0) is 14.3. The number of fused-ring (bicyclic) bond motifs is 1. The highest BCUT2D eigenvalue weighted by molar-refractivity contribution is 9.10. The summed E-state index contributed by atoms with van der Waals surface area (Å²) < 4.78 is 1.09. The summed E-state index contributed by atoms with van der Waals surface area (Å²) in [7, 11) is 5.80. The van der Waals surface area contributed by atoms with E-state index >= 15 is 0 Å². The Balaban J connectivity index is 1.86. The van der Waals surface area contributed by atoms with Crippen LogP contribution >= 0.6 is 15.9 Å². The molecule has 0 fully saturated rings. The van der Waals surface area contributed by atoms with Gasteiger partial charge in [0.15, 0.2) is 0 Å². The number of rotatable bonds is 2. The average Bonchev–Trinajstić information content (AvgIpc) is 2.70. The lowest BCUT2D eigenvalue weighted by molar-refractivity contribution is 0.689. The summed E-state index contributed by atoms with van der Waals surface area (Å²) in [5.41, 5.74) is 7.45. The lowest BCUT2D eigenvalue weighted by Crippen LogP contribution is -2.07. The fourth-order valence-corrected chi connectivity index (χ4v) is 3.52. The first-order valence-electron chi connectivity index (χ1n) is 6.87. The van der Waals surface area contributed by atoms with Crippen LogP contribution in [0.2, 0.25) is 0 Å². The topological polar surface area (TPSA) is 0 Å². The molecule has 20 heavy (non-hydrogen) atoms. The van der Waals surface area contributed by atoms with Gasteiger partial charge in [0.05, 0.1) is 0 Å². The van der Waals surface area contributed by atoms with Crippen LogP contribution in [0.4, 0.5) is 0 Å². The first-order chi connectivity index (χ1) is 9.54. The van der Waals surface area contributed by atoms with Gasteiger partial charge in [-0.1, -0.05) is 69.9 Å². The summed E-state index contributed by atoms with van der Waals surface area (Å²) in [4.78, 5) is 0. The van der Waals surface area contributed by atoms with Crippen LogP contribution in [-0.4, -0.2) is 7.85 Å². The molecule has 0 heterocycles. The summed E-state index contributed by atoms with van der Waals surface area (Å²) in [5.74, 6) is 0.492. The molecule has 1 unspecified atom stereocenters. The number of hydrogen-bond donors (Lipinski definition) is 0. The van der Waals surface area contributed by atoms with Gasteiger partial charge in [-0.25, -0.2) is 0 Å². The third-order valence-corrected chi connectivity index (χ3v) is 4.85. The average molecular weight is 323 g/mol. The third-order valence-electron chi connectivity index (χ3n) is 4.11. The molecule has 0 spiro atoms. The number of halogens is 1. The third kappa shape index (κ3) is 2.49. The Morgan fingerprint density at radius 3 is 2.80 bits per heavy atom. The molecular formula is C18H16BBr. The normalized spacial score (nSPS) is 17.3. The molecule has 1 aliphatic rings. The highest BCUT2D eigenvalue weighted by Gasteiger charge is 2.25. The molecular weight excluding hydrogens is 307 g/mol. The van der Waals surface area contributed by atoms with E-state index in [-0.39, 0.29) is 0 Å². The lowest BCUT2D eigenvalue weighted by Gasteiger charge is -2.13. The Morgan fingerprint density at radius 2 is 2.05 bits per heavy atom. The van der Waals surface area contributed by atoms with Gasteiger partial charge < -0.3 is 0 Å². The molecule has 0 aromatic heterocycles. The monoisotopic (exact) mass is 322 g/mol. The zero-order valence-electron chi connectivity index (χ0n) is 11.6. The number of allylic oxidation sites excluding steroid dienone is 1. The fourth-order valence-electron chi connectivity index (χ4n) is 2.97. The minimum absolute atomic E-state index is 0.492. The second-order valence-electron chi connectivity index (χ2n) is 5.64. The maximum Gasteiger partial charge on any atom is 0.113 e. The van der Waals surface area contributed by atoms with E-state index in [1.165, 1.54) is 27.8 Å². The minimum Gasteiger partial charge on any atom is -0.0955 e. The molecule has 98 valence electrons. The number of hydrogen-bond acceptors (Lipinski definition) is 0. The molecule has 0 bridgehead atoms. The molecule has 2 heteroatoms. The first kappa shape index (κ1) is 13.7. The second-order valence-corrected chi connectivity index (χ2v) is 6.50. The Morgan fingerprint density at radius 1 is 1.25 bits per heavy atom. The van der Waals surface area contributed by atoms with Crippen molar-refractivity contribution in [3.05, 3.63) is 69.7 Å². The van der Waals surface area contributed by atoms with E-state index in [0.717, 1.165) is 22.8 Å². The minimum atomic E-state index is 0.492. The zero-order valence-corrected chi connectivity index (χ0v) is 13.2. The maximum atomic E-state index is 5.80. The van der Waals surface area contributed by atoms with E-state index in [9.17, 15) is 0 Å². The van der Waals surface area contributed by atoms with Crippen molar-refractivity contribution in [2.75, 3.05) is 0 Å². The van der Waals surface area contributed by atoms with E-state index < -0.39 is 0 Å². The van der Waals surface area contributed by atoms with Crippen molar-refractivity contribution in [1.29, 1.82) is 0 Å². The van der Waals surface area contributed by atoms with Crippen LogP contribution in [0.15, 0.2) is 47.4 Å². The summed E-state index contributed by atoms with van der Waals surface area (Å²) >= 11 is 3.61. The van der Waals surface area contributed by atoms with Crippen LogP contribution in [0.25, 0.3) is 5.57 Å². The van der Waals surface area contributed by atoms with E-state index in [4.69, 9.17) is 7.85 Å². The molecule has 2 radical (unpaired) electrons. The highest BCUT2D eigenvalue weighted by Crippen LogP contribution is 2.38. The smallest absolute Gasteiger partial charge is 0.0955 e. The Bertz CT molecular complexity index is 688. The first-order valence-corrected chi connectivity index (χ1v) is 7.66. The fraction of sp³-hybridized carbons (Fsp3) is 0.222. The van der Waals surface area contributed by atoms with Crippen molar-refractivity contribution >= 4 is 34.8 Å². The van der Waals surface area contributed by atoms with Crippen LogP contribution in [0.1, 0.15) is 22.3 Å². The van der Waals surface area contributed by atoms with Crippen LogP contribution in [0.3, 0.4) is 0 Å². The summed E-state index contributed by atoms with van der Waals surface area (Å²) in [6.07, 6.45) is 2.10. The molecule has 0 saturated carbocycles. The molecule has 0 nitrogen and oxygen atoms in total. The van der Waals surface area contributed by atoms with Crippen molar-refractivity contribution in [2.45, 2.75) is 19.8 Å². The predicted octanol–water partition coefficient (Wildman–Crippen LogP) is 3.98. The molecule has 3 rings (SSSR count). The van der Waals surface area contributed by atoms with Crippen LogP contribution in [0.5, 0.6) is 0 Å². The second kappa shape index (κ2) is 5.25. The number of aryl methyl sites for hydroxylation is 1. The molecule has 1 atom stereocenters. The predicted molar refractivity (Wildman–Crippen MR) is 90.6 cm³/mol. The van der Waals surface area contributed by atoms with Gasteiger partial charge in [-0.2, -0.15) is 0 Å². The summed E-state index contributed by atoms with van der Waals surface area (Å²) in [5, 5.41) is 0. The van der Waals surface area contributed by atoms with Gasteiger partial charge in [0, 0.05) is 4.47 Å². The van der Waals surface area contributed by atoms with Gasteiger partial charge in [0.2, 0.25) is 0 Å². The van der Waals surface area contributed by atoms with Crippen molar-refractivity contribution in [3.63, 3.8) is 0 Å². The van der Waals surface area contributed by atoms with Gasteiger partial charge in [0.25, 0.3) is 0 Å². The van der Waals surface area contributed by atoms with E-state index in [0.29, 0.717) is 5.92 Å². The SMILES string of the molecule is [B]c1ccc(CC2Cc3ccc(C)cc3C2=C)c(Br)c1. The van der Waals surface area contributed by atoms with Gasteiger partial charge >= 0.3 is 0 Å². The summed E-state index contributed by atoms with van der Waals surface area (Å²) in [6.45, 7) is 6.46. The molecule has 0 N–H and O–H groups in total. The highest BCUT2D eigenvalue weighted by atomic mass is 79.9. The molecule has 1 aliphatic carbocycles. The van der Waals surface area contributed by atoms with Crippen molar-refractivity contribution in [3.8, 4) is 0 Å². The standard InChI is InChI=1S/C18H16BBr/c1-11-3-4-13-8-15(12(2)17(13)7-11)9-14-5-6-16(19)10-18(14)20/h3-7,10,15H,2,8-9H2,1H3. The van der Waals surface area contributed by atoms with E-state index in [2.05, 4.69) is 53.7 Å². The lowest BCUT2D eigenvalue weighted by atomic mass is 9.90. The van der Waals surface area contributed by atoms with Gasteiger partial charge in [-0.3, -0.25) is 0 Å². The molecule has 0 amide bonds. The van der Waals surface area contributed by atoms with E-state index in [1.54, 1.807) is 0 Å². The van der Waals surface area contributed by atoms with Crippen LogP contribution in [-0.2, 0) is 12.8 Å². The van der Waals surface area contributed by atoms with Gasteiger partial charge in [-0.15, -0.1) is 0 Å². The van der Waals surface area contributed by atoms with Gasteiger partial charge in [-0.05, 0) is 47.9 Å². The van der Waals surface area contributed by atoms with Crippen molar-refractivity contribution in [2.24, 2.45) is 5.92 Å². The van der Waals surface area contributed by atoms with Gasteiger partial charge in [0.1, 0.15) is 7.85 Å².